The van der Waals surface area contributed by atoms with Crippen molar-refractivity contribution in [1.82, 2.24) is 15.3 Å². The van der Waals surface area contributed by atoms with Crippen molar-refractivity contribution in [2.45, 2.75) is 39.3 Å². The van der Waals surface area contributed by atoms with Gasteiger partial charge in [-0.3, -0.25) is 4.79 Å². The Morgan fingerprint density at radius 3 is 2.61 bits per heavy atom. The van der Waals surface area contributed by atoms with Gasteiger partial charge in [-0.05, 0) is 27.7 Å². The molecule has 0 aromatic carbocycles. The Hall–Kier alpha value is -1.56. The molecule has 0 bridgehead atoms. The minimum absolute atomic E-state index is 0.143. The highest BCUT2D eigenvalue weighted by Gasteiger charge is 2.20. The number of halogens is 1. The van der Waals surface area contributed by atoms with Crippen LogP contribution in [0.25, 0.3) is 0 Å². The molecule has 0 aliphatic heterocycles. The average Bonchev–Trinajstić information content (AvgIpc) is 2.22. The van der Waals surface area contributed by atoms with Gasteiger partial charge in [0.15, 0.2) is 5.82 Å². The summed E-state index contributed by atoms with van der Waals surface area (Å²) in [7, 11) is 0. The molecule has 1 rings (SSSR count). The fourth-order valence-electron chi connectivity index (χ4n) is 1.23. The third-order valence-corrected chi connectivity index (χ3v) is 2.43. The fraction of sp³-hybridized carbons (Fsp3) is 0.545. The first-order valence-corrected chi connectivity index (χ1v) is 5.93. The Labute approximate surface area is 111 Å². The summed E-state index contributed by atoms with van der Waals surface area (Å²) in [5, 5.41) is 5.97. The SMILES string of the molecule is CC(Nc1ncnc(N)c1Cl)C(=O)NC(C)(C)C. The quantitative estimate of drug-likeness (QED) is 0.773. The van der Waals surface area contributed by atoms with Crippen molar-refractivity contribution >= 4 is 29.1 Å². The van der Waals surface area contributed by atoms with E-state index in [0.717, 1.165) is 0 Å². The van der Waals surface area contributed by atoms with Crippen LogP contribution in [0, 0.1) is 0 Å². The van der Waals surface area contributed by atoms with E-state index in [1.807, 2.05) is 20.8 Å². The van der Waals surface area contributed by atoms with E-state index in [1.165, 1.54) is 6.33 Å². The Morgan fingerprint density at radius 1 is 1.44 bits per heavy atom. The molecule has 7 heteroatoms. The zero-order valence-electron chi connectivity index (χ0n) is 10.9. The van der Waals surface area contributed by atoms with Crippen molar-refractivity contribution in [2.24, 2.45) is 0 Å². The number of carbonyl (C=O) groups excluding carboxylic acids is 1. The van der Waals surface area contributed by atoms with Crippen molar-refractivity contribution in [1.29, 1.82) is 0 Å². The minimum atomic E-state index is -0.476. The van der Waals surface area contributed by atoms with Crippen molar-refractivity contribution in [3.8, 4) is 0 Å². The van der Waals surface area contributed by atoms with Gasteiger partial charge in [-0.25, -0.2) is 9.97 Å². The highest BCUT2D eigenvalue weighted by Crippen LogP contribution is 2.23. The maximum atomic E-state index is 11.9. The zero-order valence-corrected chi connectivity index (χ0v) is 11.7. The highest BCUT2D eigenvalue weighted by molar-refractivity contribution is 6.35. The predicted molar refractivity (Wildman–Crippen MR) is 72.4 cm³/mol. The molecule has 0 radical (unpaired) electrons. The highest BCUT2D eigenvalue weighted by atomic mass is 35.5. The maximum Gasteiger partial charge on any atom is 0.242 e. The summed E-state index contributed by atoms with van der Waals surface area (Å²) in [4.78, 5) is 19.6. The molecule has 100 valence electrons. The Balaban J connectivity index is 2.73. The number of carbonyl (C=O) groups is 1. The van der Waals surface area contributed by atoms with E-state index >= 15 is 0 Å². The summed E-state index contributed by atoms with van der Waals surface area (Å²) in [5.41, 5.74) is 5.26. The third kappa shape index (κ3) is 4.03. The number of nitrogens with one attached hydrogen (secondary N) is 2. The second-order valence-corrected chi connectivity index (χ2v) is 5.40. The van der Waals surface area contributed by atoms with Crippen molar-refractivity contribution < 1.29 is 4.79 Å². The molecule has 1 unspecified atom stereocenters. The molecule has 0 saturated carbocycles. The average molecular weight is 272 g/mol. The smallest absolute Gasteiger partial charge is 0.242 e. The van der Waals surface area contributed by atoms with E-state index in [9.17, 15) is 4.79 Å². The lowest BCUT2D eigenvalue weighted by molar-refractivity contribution is -0.122. The molecule has 0 fully saturated rings. The van der Waals surface area contributed by atoms with Gasteiger partial charge < -0.3 is 16.4 Å². The Kier molecular flexibility index (Phi) is 4.34. The number of nitrogen functional groups attached to an aromatic ring is 1. The normalized spacial score (nSPS) is 12.9. The van der Waals surface area contributed by atoms with Crippen LogP contribution in [-0.4, -0.2) is 27.5 Å². The number of aromatic nitrogens is 2. The summed E-state index contributed by atoms with van der Waals surface area (Å²) in [6, 6.07) is -0.476. The number of hydrogen-bond acceptors (Lipinski definition) is 5. The first kappa shape index (κ1) is 14.5. The van der Waals surface area contributed by atoms with E-state index in [1.54, 1.807) is 6.92 Å². The number of anilines is 2. The van der Waals surface area contributed by atoms with Gasteiger partial charge in [0.05, 0.1) is 0 Å². The lowest BCUT2D eigenvalue weighted by Gasteiger charge is -2.24. The molecular weight excluding hydrogens is 254 g/mol. The van der Waals surface area contributed by atoms with Gasteiger partial charge >= 0.3 is 0 Å². The van der Waals surface area contributed by atoms with E-state index in [2.05, 4.69) is 20.6 Å². The molecule has 0 saturated heterocycles. The predicted octanol–water partition coefficient (Wildman–Crippen LogP) is 1.43. The van der Waals surface area contributed by atoms with Crippen LogP contribution < -0.4 is 16.4 Å². The Morgan fingerprint density at radius 2 is 2.06 bits per heavy atom. The molecule has 1 heterocycles. The summed E-state index contributed by atoms with van der Waals surface area (Å²) < 4.78 is 0. The number of nitrogens with two attached hydrogens (primary N) is 1. The first-order chi connectivity index (χ1) is 8.20. The van der Waals surface area contributed by atoms with Crippen LogP contribution in [0.4, 0.5) is 11.6 Å². The lowest BCUT2D eigenvalue weighted by Crippen LogP contribution is -2.47. The maximum absolute atomic E-state index is 11.9. The van der Waals surface area contributed by atoms with Crippen LogP contribution in [-0.2, 0) is 4.79 Å². The van der Waals surface area contributed by atoms with Gasteiger partial charge in [0, 0.05) is 5.54 Å². The van der Waals surface area contributed by atoms with Gasteiger partial charge in [-0.2, -0.15) is 0 Å². The van der Waals surface area contributed by atoms with E-state index in [4.69, 9.17) is 17.3 Å². The lowest BCUT2D eigenvalue weighted by atomic mass is 10.1. The number of nitrogens with zero attached hydrogens (tertiary/aromatic N) is 2. The number of hydrogen-bond donors (Lipinski definition) is 3. The summed E-state index contributed by atoms with van der Waals surface area (Å²) >= 11 is 5.93. The van der Waals surface area contributed by atoms with Gasteiger partial charge in [-0.15, -0.1) is 0 Å². The van der Waals surface area contributed by atoms with E-state index in [0.29, 0.717) is 5.82 Å². The summed E-state index contributed by atoms with van der Waals surface area (Å²) in [5.74, 6) is 0.383. The van der Waals surface area contributed by atoms with Crippen LogP contribution in [0.1, 0.15) is 27.7 Å². The Bertz CT molecular complexity index is 444. The van der Waals surface area contributed by atoms with Gasteiger partial charge in [-0.1, -0.05) is 11.6 Å². The van der Waals surface area contributed by atoms with Crippen molar-refractivity contribution in [3.05, 3.63) is 11.3 Å². The second-order valence-electron chi connectivity index (χ2n) is 5.03. The van der Waals surface area contributed by atoms with Crippen LogP contribution >= 0.6 is 11.6 Å². The van der Waals surface area contributed by atoms with Gasteiger partial charge in [0.25, 0.3) is 0 Å². The summed E-state index contributed by atoms with van der Waals surface area (Å²) in [6.07, 6.45) is 1.29. The molecule has 1 aromatic heterocycles. The molecule has 0 aliphatic rings. The molecular formula is C11H18ClN5O. The molecule has 1 aromatic rings. The monoisotopic (exact) mass is 271 g/mol. The van der Waals surface area contributed by atoms with Gasteiger partial charge in [0.2, 0.25) is 5.91 Å². The number of rotatable bonds is 3. The van der Waals surface area contributed by atoms with Crippen LogP contribution in [0.5, 0.6) is 0 Å². The summed E-state index contributed by atoms with van der Waals surface area (Å²) in [6.45, 7) is 7.45. The van der Waals surface area contributed by atoms with E-state index < -0.39 is 6.04 Å². The molecule has 18 heavy (non-hydrogen) atoms. The topological polar surface area (TPSA) is 92.9 Å². The molecule has 0 spiro atoms. The third-order valence-electron chi connectivity index (χ3n) is 2.06. The van der Waals surface area contributed by atoms with Crippen LogP contribution in [0.2, 0.25) is 5.02 Å². The molecule has 1 amide bonds. The fourth-order valence-corrected chi connectivity index (χ4v) is 1.38. The largest absolute Gasteiger partial charge is 0.382 e. The van der Waals surface area contributed by atoms with Crippen LogP contribution in [0.15, 0.2) is 6.33 Å². The molecule has 6 nitrogen and oxygen atoms in total. The molecule has 0 aliphatic carbocycles. The van der Waals surface area contributed by atoms with Crippen LogP contribution in [0.3, 0.4) is 0 Å². The van der Waals surface area contributed by atoms with Gasteiger partial charge in [0.1, 0.15) is 23.2 Å². The zero-order chi connectivity index (χ0) is 13.9. The first-order valence-electron chi connectivity index (χ1n) is 5.55. The number of amides is 1. The molecule has 1 atom stereocenters. The minimum Gasteiger partial charge on any atom is -0.382 e. The van der Waals surface area contributed by atoms with Crippen molar-refractivity contribution in [2.75, 3.05) is 11.1 Å². The van der Waals surface area contributed by atoms with E-state index in [-0.39, 0.29) is 22.3 Å². The van der Waals surface area contributed by atoms with Crippen molar-refractivity contribution in [3.63, 3.8) is 0 Å². The second kappa shape index (κ2) is 5.39. The molecule has 4 N–H and O–H groups in total. The standard InChI is InChI=1S/C11H18ClN5O/c1-6(10(18)17-11(2,3)4)16-9-7(12)8(13)14-5-15-9/h5-6H,1-4H3,(H,17,18)(H3,13,14,15,16).